The first-order valence-electron chi connectivity index (χ1n) is 16.9. The van der Waals surface area contributed by atoms with E-state index in [1.54, 1.807) is 48.6 Å². The first kappa shape index (κ1) is 40.3. The van der Waals surface area contributed by atoms with Crippen LogP contribution < -0.4 is 9.64 Å². The van der Waals surface area contributed by atoms with Gasteiger partial charge in [0.1, 0.15) is 11.5 Å². The molecule has 1 aliphatic heterocycles. The van der Waals surface area contributed by atoms with E-state index >= 15 is 0 Å². The Kier molecular flexibility index (Phi) is 12.1. The number of carboxylic acid groups (broad SMARTS) is 1. The number of aliphatic carboxylic acids is 1. The molecule has 10 nitrogen and oxygen atoms in total. The molecule has 0 atom stereocenters. The molecule has 0 saturated carbocycles. The van der Waals surface area contributed by atoms with Gasteiger partial charge in [0.2, 0.25) is 0 Å². The number of nitrogens with zero attached hydrogens (tertiary/aromatic N) is 1. The van der Waals surface area contributed by atoms with Crippen molar-refractivity contribution in [3.05, 3.63) is 131 Å². The number of hydrogen-bond acceptors (Lipinski definition) is 7. The second-order valence-electron chi connectivity index (χ2n) is 14.0. The van der Waals surface area contributed by atoms with Crippen LogP contribution in [0.5, 0.6) is 5.75 Å². The van der Waals surface area contributed by atoms with E-state index in [-0.39, 0.29) is 16.2 Å². The smallest absolute Gasteiger partial charge is 0.303 e. The summed E-state index contributed by atoms with van der Waals surface area (Å²) in [6, 6.07) is 16.2. The highest BCUT2D eigenvalue weighted by Gasteiger charge is 2.40. The summed E-state index contributed by atoms with van der Waals surface area (Å²) < 4.78 is 73.8. The Morgan fingerprint density at radius 2 is 1.56 bits per heavy atom. The normalized spacial score (nSPS) is 15.7. The van der Waals surface area contributed by atoms with Crippen LogP contribution in [0.3, 0.4) is 0 Å². The molecule has 0 unspecified atom stereocenters. The summed E-state index contributed by atoms with van der Waals surface area (Å²) in [5, 5.41) is 9.07. The van der Waals surface area contributed by atoms with E-state index in [0.29, 0.717) is 35.6 Å². The lowest BCUT2D eigenvalue weighted by Crippen LogP contribution is -2.27. The predicted octanol–water partition coefficient (Wildman–Crippen LogP) is 8.34. The quantitative estimate of drug-likeness (QED) is 0.0784. The molecule has 0 aromatic heterocycles. The summed E-state index contributed by atoms with van der Waals surface area (Å²) in [6.07, 6.45) is 9.47. The maximum absolute atomic E-state index is 12.0. The number of benzene rings is 3. The third-order valence-electron chi connectivity index (χ3n) is 9.52. The molecule has 4 rings (SSSR count). The molecule has 0 spiro atoms. The predicted molar refractivity (Wildman–Crippen MR) is 203 cm³/mol. The van der Waals surface area contributed by atoms with Crippen molar-refractivity contribution in [1.82, 2.24) is 0 Å². The molecule has 1 heterocycles. The maximum Gasteiger partial charge on any atom is 0.303 e. The minimum absolute atomic E-state index is 0.00458. The zero-order chi connectivity index (χ0) is 38.6. The number of anilines is 1. The lowest BCUT2D eigenvalue weighted by molar-refractivity contribution is -0.136. The van der Waals surface area contributed by atoms with E-state index in [1.807, 2.05) is 46.8 Å². The van der Waals surface area contributed by atoms with Crippen molar-refractivity contribution < 1.29 is 40.6 Å². The Balaban J connectivity index is 1.79. The van der Waals surface area contributed by atoms with Gasteiger partial charge in [-0.1, -0.05) is 71.9 Å². The Morgan fingerprint density at radius 3 is 2.15 bits per heavy atom. The number of aryl methyl sites for hydroxylation is 2. The van der Waals surface area contributed by atoms with Gasteiger partial charge < -0.3 is 14.7 Å². The van der Waals surface area contributed by atoms with E-state index in [1.165, 1.54) is 24.3 Å². The number of carboxylic acids is 1. The van der Waals surface area contributed by atoms with Gasteiger partial charge in [0.15, 0.2) is 0 Å². The Morgan fingerprint density at radius 1 is 0.942 bits per heavy atom. The zero-order valence-corrected chi connectivity index (χ0v) is 32.0. The van der Waals surface area contributed by atoms with Crippen LogP contribution in [-0.2, 0) is 42.3 Å². The van der Waals surface area contributed by atoms with E-state index < -0.39 is 37.0 Å². The van der Waals surface area contributed by atoms with E-state index in [9.17, 15) is 30.7 Å². The fourth-order valence-corrected chi connectivity index (χ4v) is 7.28. The number of fused-ring (bicyclic) bond motifs is 1. The third-order valence-corrected chi connectivity index (χ3v) is 11.2. The van der Waals surface area contributed by atoms with Crippen molar-refractivity contribution in [1.29, 1.82) is 0 Å². The summed E-state index contributed by atoms with van der Waals surface area (Å²) in [4.78, 5) is 12.8. The average Bonchev–Trinajstić information content (AvgIpc) is 3.27. The Labute approximate surface area is 307 Å². The fourth-order valence-electron chi connectivity index (χ4n) is 6.27. The minimum atomic E-state index is -4.42. The monoisotopic (exact) mass is 749 g/mol. The molecule has 12 heteroatoms. The van der Waals surface area contributed by atoms with Gasteiger partial charge >= 0.3 is 5.97 Å². The molecule has 278 valence electrons. The summed E-state index contributed by atoms with van der Waals surface area (Å²) in [5.74, 6) is 0.0440. The average molecular weight is 750 g/mol. The highest BCUT2D eigenvalue weighted by Crippen LogP contribution is 2.48. The van der Waals surface area contributed by atoms with Crippen molar-refractivity contribution in [2.24, 2.45) is 0 Å². The van der Waals surface area contributed by atoms with Crippen molar-refractivity contribution in [3.8, 4) is 5.75 Å². The molecule has 3 aromatic rings. The molecule has 3 N–H and O–H groups in total. The first-order chi connectivity index (χ1) is 24.2. The van der Waals surface area contributed by atoms with Crippen LogP contribution in [0.2, 0.25) is 0 Å². The highest BCUT2D eigenvalue weighted by atomic mass is 32.2. The van der Waals surface area contributed by atoms with Gasteiger partial charge in [-0.3, -0.25) is 13.9 Å². The van der Waals surface area contributed by atoms with Crippen LogP contribution >= 0.6 is 0 Å². The number of unbranched alkanes of at least 4 members (excludes halogenated alkanes) is 1. The number of ether oxygens (including phenoxy) is 1. The van der Waals surface area contributed by atoms with Crippen LogP contribution in [0, 0.1) is 6.92 Å². The molecular weight excluding hydrogens is 703 g/mol. The van der Waals surface area contributed by atoms with E-state index in [4.69, 9.17) is 9.84 Å². The summed E-state index contributed by atoms with van der Waals surface area (Å²) >= 11 is 0. The summed E-state index contributed by atoms with van der Waals surface area (Å²) in [7, 11) is -8.84. The second kappa shape index (κ2) is 15.6. The van der Waals surface area contributed by atoms with Crippen molar-refractivity contribution >= 4 is 31.9 Å². The standard InChI is InChI=1S/C40H47NO9S2/c1-8-9-24-41-36-21-20-33(52(47,48)49)26-35(36)40(6,7)37(41)22-18-30(50-31-16-12-29(13-17-31)14-23-38(42)43)15-11-28(3)39(4,5)34-25-32(51(44,45)46)19-10-27(34)2/h10-13,15-22,25-26H,3,8-9,14,23-24H2,1-2,4-7H3,(H,42,43)(H,44,45,46)(H,47,48,49)/b15-11+,30-18-,37-22+. The van der Waals surface area contributed by atoms with E-state index in [0.717, 1.165) is 40.9 Å². The first-order valence-corrected chi connectivity index (χ1v) is 19.8. The van der Waals surface area contributed by atoms with Crippen LogP contribution in [0.4, 0.5) is 5.69 Å². The van der Waals surface area contributed by atoms with Crippen LogP contribution in [0.15, 0.2) is 118 Å². The van der Waals surface area contributed by atoms with Gasteiger partial charge in [0, 0.05) is 35.2 Å². The molecule has 0 amide bonds. The van der Waals surface area contributed by atoms with Crippen molar-refractivity contribution in [2.75, 3.05) is 11.4 Å². The molecule has 3 aromatic carbocycles. The Bertz CT molecular complexity index is 2160. The lowest BCUT2D eigenvalue weighted by Gasteiger charge is -2.28. The molecule has 0 radical (unpaired) electrons. The molecule has 0 bridgehead atoms. The molecule has 0 fully saturated rings. The third kappa shape index (κ3) is 9.29. The Hall–Kier alpha value is -4.49. The minimum Gasteiger partial charge on any atom is -0.481 e. The van der Waals surface area contributed by atoms with E-state index in [2.05, 4.69) is 18.4 Å². The van der Waals surface area contributed by atoms with Crippen molar-refractivity contribution in [3.63, 3.8) is 0 Å². The number of rotatable bonds is 15. The van der Waals surface area contributed by atoms with Gasteiger partial charge in [-0.2, -0.15) is 16.8 Å². The molecule has 1 aliphatic rings. The number of allylic oxidation sites excluding steroid dienone is 6. The van der Waals surface area contributed by atoms with Gasteiger partial charge in [-0.15, -0.1) is 0 Å². The fraction of sp³-hybridized carbons (Fsp3) is 0.325. The number of carbonyl (C=O) groups is 1. The zero-order valence-electron chi connectivity index (χ0n) is 30.4. The van der Waals surface area contributed by atoms with Crippen LogP contribution in [0.1, 0.15) is 76.1 Å². The van der Waals surface area contributed by atoms with Gasteiger partial charge in [-0.25, -0.2) is 0 Å². The summed E-state index contributed by atoms with van der Waals surface area (Å²) in [5.41, 5.74) is 4.04. The van der Waals surface area contributed by atoms with Crippen molar-refractivity contribution in [2.45, 2.75) is 87.8 Å². The van der Waals surface area contributed by atoms with Crippen LogP contribution in [-0.4, -0.2) is 43.6 Å². The van der Waals surface area contributed by atoms with Crippen LogP contribution in [0.25, 0.3) is 0 Å². The number of hydrogen-bond donors (Lipinski definition) is 3. The highest BCUT2D eigenvalue weighted by molar-refractivity contribution is 7.86. The lowest BCUT2D eigenvalue weighted by atomic mass is 9.76. The largest absolute Gasteiger partial charge is 0.481 e. The molecule has 0 aliphatic carbocycles. The molecular formula is C40H47NO9S2. The topological polar surface area (TPSA) is 159 Å². The summed E-state index contributed by atoms with van der Waals surface area (Å²) in [6.45, 7) is 16.7. The van der Waals surface area contributed by atoms with Gasteiger partial charge in [0.05, 0.1) is 9.79 Å². The molecule has 0 saturated heterocycles. The van der Waals surface area contributed by atoms with Gasteiger partial charge in [-0.05, 0) is 108 Å². The van der Waals surface area contributed by atoms with Gasteiger partial charge in [0.25, 0.3) is 20.2 Å². The SMILES string of the molecule is C=C(/C=C/C(=C/C=C1/N(CCCC)c2ccc(S(=O)(=O)O)cc2C1(C)C)Oc1ccc(CCC(=O)O)cc1)C(C)(C)c1cc(S(=O)(=O)O)ccc1C. The molecule has 52 heavy (non-hydrogen) atoms. The second-order valence-corrected chi connectivity index (χ2v) is 16.8. The maximum atomic E-state index is 12.0.